The van der Waals surface area contributed by atoms with Crippen LogP contribution in [0.25, 0.3) is 0 Å². The zero-order valence-electron chi connectivity index (χ0n) is 11.2. The maximum atomic E-state index is 8.55. The lowest BCUT2D eigenvalue weighted by atomic mass is 10.2. The van der Waals surface area contributed by atoms with Gasteiger partial charge in [-0.3, -0.25) is 9.58 Å². The van der Waals surface area contributed by atoms with Gasteiger partial charge in [0.05, 0.1) is 6.54 Å². The molecule has 1 heterocycles. The average Bonchev–Trinajstić information content (AvgIpc) is 2.71. The molecule has 0 atom stereocenters. The second-order valence-electron chi connectivity index (χ2n) is 4.77. The van der Waals surface area contributed by atoms with Crippen molar-refractivity contribution in [3.8, 4) is 0 Å². The molecule has 0 aliphatic carbocycles. The van der Waals surface area contributed by atoms with Crippen molar-refractivity contribution < 1.29 is 5.21 Å². The number of hydrogen-bond donors (Lipinski definition) is 2. The van der Waals surface area contributed by atoms with Gasteiger partial charge in [-0.15, -0.1) is 0 Å². The van der Waals surface area contributed by atoms with Crippen molar-refractivity contribution >= 4 is 5.84 Å². The second kappa shape index (κ2) is 6.95. The maximum absolute atomic E-state index is 8.55. The molecule has 0 aliphatic rings. The van der Waals surface area contributed by atoms with E-state index >= 15 is 0 Å². The van der Waals surface area contributed by atoms with Crippen molar-refractivity contribution in [2.24, 2.45) is 23.9 Å². The molecule has 1 rings (SSSR count). The summed E-state index contributed by atoms with van der Waals surface area (Å²) in [7, 11) is 1.87. The molecular weight excluding hydrogens is 232 g/mol. The predicted molar refractivity (Wildman–Crippen MR) is 69.1 cm³/mol. The van der Waals surface area contributed by atoms with E-state index in [1.807, 2.05) is 7.05 Å². The molecule has 0 spiro atoms. The third kappa shape index (κ3) is 4.70. The molecule has 18 heavy (non-hydrogen) atoms. The summed E-state index contributed by atoms with van der Waals surface area (Å²) in [5.74, 6) is 1.71. The zero-order valence-corrected chi connectivity index (χ0v) is 11.2. The van der Waals surface area contributed by atoms with Crippen molar-refractivity contribution in [2.75, 3.05) is 13.1 Å². The number of rotatable bonds is 7. The lowest BCUT2D eigenvalue weighted by Crippen LogP contribution is -2.32. The Labute approximate surface area is 107 Å². The molecule has 7 nitrogen and oxygen atoms in total. The maximum Gasteiger partial charge on any atom is 0.140 e. The fourth-order valence-corrected chi connectivity index (χ4v) is 1.74. The van der Waals surface area contributed by atoms with E-state index in [1.165, 1.54) is 0 Å². The minimum atomic E-state index is 0.252. The van der Waals surface area contributed by atoms with Crippen LogP contribution < -0.4 is 5.73 Å². The first-order valence-corrected chi connectivity index (χ1v) is 6.04. The van der Waals surface area contributed by atoms with Crippen LogP contribution in [-0.2, 0) is 13.6 Å². The molecule has 0 aromatic carbocycles. The van der Waals surface area contributed by atoms with Gasteiger partial charge in [0, 0.05) is 26.6 Å². The van der Waals surface area contributed by atoms with E-state index in [2.05, 4.69) is 34.0 Å². The molecular formula is C11H22N6O. The van der Waals surface area contributed by atoms with Gasteiger partial charge in [-0.05, 0) is 5.92 Å². The molecule has 3 N–H and O–H groups in total. The molecule has 7 heteroatoms. The Morgan fingerprint density at radius 3 is 2.83 bits per heavy atom. The monoisotopic (exact) mass is 254 g/mol. The summed E-state index contributed by atoms with van der Waals surface area (Å²) < 4.78 is 1.76. The van der Waals surface area contributed by atoms with Crippen molar-refractivity contribution in [3.63, 3.8) is 0 Å². The summed E-state index contributed by atoms with van der Waals surface area (Å²) >= 11 is 0. The third-order valence-electron chi connectivity index (χ3n) is 2.61. The van der Waals surface area contributed by atoms with E-state index in [0.717, 1.165) is 18.9 Å². The van der Waals surface area contributed by atoms with Gasteiger partial charge in [-0.2, -0.15) is 5.10 Å². The first-order valence-electron chi connectivity index (χ1n) is 6.04. The number of aryl methyl sites for hydroxylation is 1. The Hall–Kier alpha value is -1.63. The number of nitrogens with two attached hydrogens (primary N) is 1. The van der Waals surface area contributed by atoms with E-state index in [9.17, 15) is 0 Å². The minimum absolute atomic E-state index is 0.252. The second-order valence-corrected chi connectivity index (χ2v) is 4.77. The van der Waals surface area contributed by atoms with Crippen LogP contribution in [0.5, 0.6) is 0 Å². The molecule has 0 fully saturated rings. The van der Waals surface area contributed by atoms with Gasteiger partial charge in [0.1, 0.15) is 18.0 Å². The van der Waals surface area contributed by atoms with Gasteiger partial charge >= 0.3 is 0 Å². The number of hydrogen-bond acceptors (Lipinski definition) is 5. The molecule has 0 amide bonds. The Kier molecular flexibility index (Phi) is 5.57. The van der Waals surface area contributed by atoms with Gasteiger partial charge in [-0.1, -0.05) is 19.0 Å². The first-order chi connectivity index (χ1) is 8.52. The fourth-order valence-electron chi connectivity index (χ4n) is 1.74. The molecule has 1 aromatic heterocycles. The molecule has 0 unspecified atom stereocenters. The highest BCUT2D eigenvalue weighted by Crippen LogP contribution is 2.05. The van der Waals surface area contributed by atoms with Crippen LogP contribution in [-0.4, -0.2) is 43.8 Å². The lowest BCUT2D eigenvalue weighted by molar-refractivity contribution is 0.232. The normalized spacial score (nSPS) is 12.6. The van der Waals surface area contributed by atoms with Crippen LogP contribution >= 0.6 is 0 Å². The molecule has 102 valence electrons. The topological polar surface area (TPSA) is 92.6 Å². The summed E-state index contributed by atoms with van der Waals surface area (Å²) in [6.45, 7) is 6.71. The zero-order chi connectivity index (χ0) is 13.5. The van der Waals surface area contributed by atoms with Gasteiger partial charge in [-0.25, -0.2) is 4.98 Å². The Balaban J connectivity index is 2.58. The van der Waals surface area contributed by atoms with Crippen LogP contribution in [0, 0.1) is 5.92 Å². The number of amidine groups is 1. The Morgan fingerprint density at radius 2 is 2.33 bits per heavy atom. The van der Waals surface area contributed by atoms with Crippen LogP contribution in [0.3, 0.4) is 0 Å². The van der Waals surface area contributed by atoms with Crippen LogP contribution in [0.2, 0.25) is 0 Å². The van der Waals surface area contributed by atoms with Crippen molar-refractivity contribution in [2.45, 2.75) is 26.8 Å². The number of aromatic nitrogens is 3. The molecule has 0 aliphatic heterocycles. The van der Waals surface area contributed by atoms with E-state index < -0.39 is 0 Å². The SMILES string of the molecule is CC(C)CN(CCC(N)=NO)Cc1ncnn1C. The van der Waals surface area contributed by atoms with Gasteiger partial charge in [0.25, 0.3) is 0 Å². The summed E-state index contributed by atoms with van der Waals surface area (Å²) in [4.78, 5) is 6.44. The summed E-state index contributed by atoms with van der Waals surface area (Å²) in [5.41, 5.74) is 5.50. The average molecular weight is 254 g/mol. The van der Waals surface area contributed by atoms with Crippen molar-refractivity contribution in [3.05, 3.63) is 12.2 Å². The van der Waals surface area contributed by atoms with Gasteiger partial charge in [0.2, 0.25) is 0 Å². The van der Waals surface area contributed by atoms with E-state index in [1.54, 1.807) is 11.0 Å². The minimum Gasteiger partial charge on any atom is -0.409 e. The fraction of sp³-hybridized carbons (Fsp3) is 0.727. The molecule has 0 saturated heterocycles. The van der Waals surface area contributed by atoms with Crippen LogP contribution in [0.1, 0.15) is 26.1 Å². The highest BCUT2D eigenvalue weighted by Gasteiger charge is 2.12. The number of nitrogens with zero attached hydrogens (tertiary/aromatic N) is 5. The molecule has 0 bridgehead atoms. The van der Waals surface area contributed by atoms with E-state index in [-0.39, 0.29) is 5.84 Å². The van der Waals surface area contributed by atoms with Gasteiger partial charge < -0.3 is 10.9 Å². The highest BCUT2D eigenvalue weighted by atomic mass is 16.4. The Bertz CT molecular complexity index is 387. The largest absolute Gasteiger partial charge is 0.409 e. The van der Waals surface area contributed by atoms with Crippen molar-refractivity contribution in [1.82, 2.24) is 19.7 Å². The van der Waals surface area contributed by atoms with Crippen LogP contribution in [0.15, 0.2) is 11.5 Å². The predicted octanol–water partition coefficient (Wildman–Crippen LogP) is 0.410. The van der Waals surface area contributed by atoms with Crippen LogP contribution in [0.4, 0.5) is 0 Å². The summed E-state index contributed by atoms with van der Waals surface area (Å²) in [5, 5.41) is 15.6. The summed E-state index contributed by atoms with van der Waals surface area (Å²) in [6.07, 6.45) is 2.09. The standard InChI is InChI=1S/C11H22N6O/c1-9(2)6-17(5-4-10(12)15-18)7-11-13-8-14-16(11)3/h8-9,18H,4-7H2,1-3H3,(H2,12,15). The molecule has 1 aromatic rings. The molecule has 0 radical (unpaired) electrons. The molecule has 0 saturated carbocycles. The van der Waals surface area contributed by atoms with E-state index in [4.69, 9.17) is 10.9 Å². The van der Waals surface area contributed by atoms with Crippen molar-refractivity contribution in [1.29, 1.82) is 0 Å². The Morgan fingerprint density at radius 1 is 1.61 bits per heavy atom. The lowest BCUT2D eigenvalue weighted by Gasteiger charge is -2.23. The van der Waals surface area contributed by atoms with Gasteiger partial charge in [0.15, 0.2) is 0 Å². The smallest absolute Gasteiger partial charge is 0.140 e. The van der Waals surface area contributed by atoms with E-state index in [0.29, 0.717) is 18.9 Å². The highest BCUT2D eigenvalue weighted by molar-refractivity contribution is 5.79. The third-order valence-corrected chi connectivity index (χ3v) is 2.61. The summed E-state index contributed by atoms with van der Waals surface area (Å²) in [6, 6.07) is 0. The number of oxime groups is 1. The first kappa shape index (κ1) is 14.4. The quantitative estimate of drug-likeness (QED) is 0.318.